The number of nitrogens with zero attached hydrogens (tertiary/aromatic N) is 1. The summed E-state index contributed by atoms with van der Waals surface area (Å²) in [6.45, 7) is 2.06. The van der Waals surface area contributed by atoms with Crippen LogP contribution >= 0.6 is 15.9 Å². The highest BCUT2D eigenvalue weighted by Crippen LogP contribution is 2.18. The molecule has 1 rings (SSSR count). The van der Waals surface area contributed by atoms with Crippen molar-refractivity contribution in [2.24, 2.45) is 5.73 Å². The Labute approximate surface area is 86.1 Å². The molecule has 1 aromatic heterocycles. The first kappa shape index (κ1) is 10.6. The van der Waals surface area contributed by atoms with E-state index in [1.165, 1.54) is 0 Å². The van der Waals surface area contributed by atoms with Gasteiger partial charge in [0.15, 0.2) is 0 Å². The van der Waals surface area contributed by atoms with E-state index in [0.29, 0.717) is 6.42 Å². The van der Waals surface area contributed by atoms with Gasteiger partial charge in [-0.2, -0.15) is 0 Å². The van der Waals surface area contributed by atoms with Gasteiger partial charge in [-0.15, -0.1) is 0 Å². The van der Waals surface area contributed by atoms with Crippen LogP contribution in [0, 0.1) is 6.92 Å². The standard InChI is InChI=1S/C9H13BrN2O/c1-6-4-7(10)5-12-9(6)8(11)2-3-13/h4-5,8,13H,2-3,11H2,1H3. The number of aliphatic hydroxyl groups is 1. The number of rotatable bonds is 3. The molecule has 13 heavy (non-hydrogen) atoms. The molecule has 0 aromatic carbocycles. The first-order chi connectivity index (χ1) is 6.15. The van der Waals surface area contributed by atoms with Gasteiger partial charge in [-0.05, 0) is 40.9 Å². The Hall–Kier alpha value is -0.450. The van der Waals surface area contributed by atoms with Crippen molar-refractivity contribution in [1.82, 2.24) is 4.98 Å². The molecule has 0 aliphatic carbocycles. The van der Waals surface area contributed by atoms with E-state index < -0.39 is 0 Å². The molecule has 72 valence electrons. The predicted molar refractivity (Wildman–Crippen MR) is 55.3 cm³/mol. The predicted octanol–water partition coefficient (Wildman–Crippen LogP) is 1.53. The first-order valence-corrected chi connectivity index (χ1v) is 4.93. The summed E-state index contributed by atoms with van der Waals surface area (Å²) < 4.78 is 0.949. The molecule has 0 saturated heterocycles. The molecular weight excluding hydrogens is 232 g/mol. The van der Waals surface area contributed by atoms with Crippen LogP contribution in [-0.4, -0.2) is 16.7 Å². The molecule has 1 aromatic rings. The number of pyridine rings is 1. The van der Waals surface area contributed by atoms with Crippen LogP contribution in [0.2, 0.25) is 0 Å². The normalized spacial score (nSPS) is 12.9. The van der Waals surface area contributed by atoms with E-state index in [9.17, 15) is 0 Å². The molecule has 0 bridgehead atoms. The molecule has 0 radical (unpaired) electrons. The molecule has 0 amide bonds. The number of nitrogens with two attached hydrogens (primary N) is 1. The Morgan fingerprint density at radius 2 is 2.38 bits per heavy atom. The number of hydrogen-bond donors (Lipinski definition) is 2. The minimum absolute atomic E-state index is 0.0956. The van der Waals surface area contributed by atoms with Crippen molar-refractivity contribution in [2.75, 3.05) is 6.61 Å². The Kier molecular flexibility index (Phi) is 3.84. The fourth-order valence-electron chi connectivity index (χ4n) is 1.22. The molecule has 1 heterocycles. The molecule has 3 N–H and O–H groups in total. The third-order valence-corrected chi connectivity index (χ3v) is 2.31. The van der Waals surface area contributed by atoms with E-state index >= 15 is 0 Å². The molecule has 0 saturated carbocycles. The third-order valence-electron chi connectivity index (χ3n) is 1.88. The maximum atomic E-state index is 8.73. The monoisotopic (exact) mass is 244 g/mol. The highest BCUT2D eigenvalue weighted by atomic mass is 79.9. The highest BCUT2D eigenvalue weighted by molar-refractivity contribution is 9.10. The quantitative estimate of drug-likeness (QED) is 0.849. The number of aromatic nitrogens is 1. The molecule has 1 atom stereocenters. The van der Waals surface area contributed by atoms with Crippen molar-refractivity contribution in [3.05, 3.63) is 28.0 Å². The topological polar surface area (TPSA) is 59.1 Å². The van der Waals surface area contributed by atoms with Crippen LogP contribution in [0.3, 0.4) is 0 Å². The molecule has 1 unspecified atom stereocenters. The second-order valence-corrected chi connectivity index (χ2v) is 3.89. The van der Waals surface area contributed by atoms with Crippen LogP contribution in [0.15, 0.2) is 16.7 Å². The Morgan fingerprint density at radius 3 is 2.92 bits per heavy atom. The summed E-state index contributed by atoms with van der Waals surface area (Å²) in [6.07, 6.45) is 2.27. The van der Waals surface area contributed by atoms with Gasteiger partial charge in [-0.3, -0.25) is 4.98 Å². The summed E-state index contributed by atoms with van der Waals surface area (Å²) in [7, 11) is 0. The number of aliphatic hydroxyl groups excluding tert-OH is 1. The maximum absolute atomic E-state index is 8.73. The molecule has 0 aliphatic heterocycles. The maximum Gasteiger partial charge on any atom is 0.0601 e. The van der Waals surface area contributed by atoms with Gasteiger partial charge in [-0.25, -0.2) is 0 Å². The van der Waals surface area contributed by atoms with Crippen LogP contribution < -0.4 is 5.73 Å². The van der Waals surface area contributed by atoms with E-state index in [2.05, 4.69) is 20.9 Å². The van der Waals surface area contributed by atoms with Crippen molar-refractivity contribution < 1.29 is 5.11 Å². The molecule has 0 aliphatic rings. The molecular formula is C9H13BrN2O. The first-order valence-electron chi connectivity index (χ1n) is 4.13. The average Bonchev–Trinajstić information content (AvgIpc) is 2.04. The minimum atomic E-state index is -0.168. The fourth-order valence-corrected chi connectivity index (χ4v) is 1.66. The van der Waals surface area contributed by atoms with Crippen LogP contribution in [0.4, 0.5) is 0 Å². The summed E-state index contributed by atoms with van der Waals surface area (Å²) in [5.74, 6) is 0. The Bertz CT molecular complexity index is 291. The fraction of sp³-hybridized carbons (Fsp3) is 0.444. The summed E-state index contributed by atoms with van der Waals surface area (Å²) in [5, 5.41) is 8.73. The van der Waals surface area contributed by atoms with E-state index in [4.69, 9.17) is 10.8 Å². The minimum Gasteiger partial charge on any atom is -0.396 e. The van der Waals surface area contributed by atoms with Crippen LogP contribution in [0.5, 0.6) is 0 Å². The Balaban J connectivity index is 2.88. The zero-order valence-corrected chi connectivity index (χ0v) is 9.08. The number of hydrogen-bond acceptors (Lipinski definition) is 3. The molecule has 4 heteroatoms. The van der Waals surface area contributed by atoms with E-state index in [1.807, 2.05) is 13.0 Å². The van der Waals surface area contributed by atoms with Gasteiger partial charge >= 0.3 is 0 Å². The van der Waals surface area contributed by atoms with Crippen molar-refractivity contribution in [1.29, 1.82) is 0 Å². The van der Waals surface area contributed by atoms with Crippen molar-refractivity contribution in [3.63, 3.8) is 0 Å². The average molecular weight is 245 g/mol. The highest BCUT2D eigenvalue weighted by Gasteiger charge is 2.09. The summed E-state index contributed by atoms with van der Waals surface area (Å²) in [5.41, 5.74) is 7.73. The van der Waals surface area contributed by atoms with Crippen molar-refractivity contribution >= 4 is 15.9 Å². The van der Waals surface area contributed by atoms with Gasteiger partial charge in [0.1, 0.15) is 0 Å². The van der Waals surface area contributed by atoms with E-state index in [0.717, 1.165) is 15.7 Å². The van der Waals surface area contributed by atoms with Crippen molar-refractivity contribution in [3.8, 4) is 0 Å². The van der Waals surface area contributed by atoms with Gasteiger partial charge < -0.3 is 10.8 Å². The van der Waals surface area contributed by atoms with Gasteiger partial charge in [0.2, 0.25) is 0 Å². The molecule has 3 nitrogen and oxygen atoms in total. The lowest BCUT2D eigenvalue weighted by Crippen LogP contribution is -2.14. The number of halogens is 1. The lowest BCUT2D eigenvalue weighted by Gasteiger charge is -2.11. The van der Waals surface area contributed by atoms with Gasteiger partial charge in [-0.1, -0.05) is 0 Å². The Morgan fingerprint density at radius 1 is 1.69 bits per heavy atom. The number of aryl methyl sites for hydroxylation is 1. The van der Waals surface area contributed by atoms with Gasteiger partial charge in [0.25, 0.3) is 0 Å². The second-order valence-electron chi connectivity index (χ2n) is 2.97. The summed E-state index contributed by atoms with van der Waals surface area (Å²) in [4.78, 5) is 4.21. The summed E-state index contributed by atoms with van der Waals surface area (Å²) in [6, 6.07) is 1.80. The van der Waals surface area contributed by atoms with Crippen LogP contribution in [0.1, 0.15) is 23.7 Å². The van der Waals surface area contributed by atoms with E-state index in [1.54, 1.807) is 6.20 Å². The van der Waals surface area contributed by atoms with Crippen molar-refractivity contribution in [2.45, 2.75) is 19.4 Å². The van der Waals surface area contributed by atoms with E-state index in [-0.39, 0.29) is 12.6 Å². The largest absolute Gasteiger partial charge is 0.396 e. The second kappa shape index (κ2) is 4.69. The smallest absolute Gasteiger partial charge is 0.0601 e. The SMILES string of the molecule is Cc1cc(Br)cnc1C(N)CCO. The summed E-state index contributed by atoms with van der Waals surface area (Å²) >= 11 is 3.33. The lowest BCUT2D eigenvalue weighted by molar-refractivity contribution is 0.275. The lowest BCUT2D eigenvalue weighted by atomic mass is 10.1. The zero-order valence-electron chi connectivity index (χ0n) is 7.50. The van der Waals surface area contributed by atoms with Gasteiger partial charge in [0, 0.05) is 23.3 Å². The molecule has 0 spiro atoms. The molecule has 0 fully saturated rings. The van der Waals surface area contributed by atoms with Crippen LogP contribution in [-0.2, 0) is 0 Å². The third kappa shape index (κ3) is 2.76. The zero-order chi connectivity index (χ0) is 9.84. The van der Waals surface area contributed by atoms with Gasteiger partial charge in [0.05, 0.1) is 5.69 Å². The van der Waals surface area contributed by atoms with Crippen LogP contribution in [0.25, 0.3) is 0 Å².